The lowest BCUT2D eigenvalue weighted by molar-refractivity contribution is -0.137. The summed E-state index contributed by atoms with van der Waals surface area (Å²) in [7, 11) is 0. The summed E-state index contributed by atoms with van der Waals surface area (Å²) in [6.45, 7) is 1.57. The zero-order chi connectivity index (χ0) is 22.0. The number of amides is 1. The molecule has 0 saturated carbocycles. The normalized spacial score (nSPS) is 14.4. The molecule has 4 rings (SSSR count). The summed E-state index contributed by atoms with van der Waals surface area (Å²) < 4.78 is 39.9. The molecule has 3 aromatic rings. The third-order valence-electron chi connectivity index (χ3n) is 5.41. The van der Waals surface area contributed by atoms with Crippen LogP contribution in [0.4, 0.5) is 18.9 Å². The molecule has 2 aromatic carbocycles. The van der Waals surface area contributed by atoms with Crippen molar-refractivity contribution >= 4 is 22.6 Å². The van der Waals surface area contributed by atoms with Crippen LogP contribution in [-0.2, 0) is 24.0 Å². The maximum atomic E-state index is 12.7. The Balaban J connectivity index is 1.44. The molecule has 164 valence electrons. The van der Waals surface area contributed by atoms with Crippen molar-refractivity contribution in [3.8, 4) is 0 Å². The Morgan fingerprint density at radius 2 is 1.81 bits per heavy atom. The molecule has 6 nitrogen and oxygen atoms in total. The highest BCUT2D eigenvalue weighted by Crippen LogP contribution is 2.29. The molecule has 0 bridgehead atoms. The summed E-state index contributed by atoms with van der Waals surface area (Å²) in [6.07, 6.45) is -1.73. The van der Waals surface area contributed by atoms with Crippen molar-refractivity contribution < 1.29 is 23.1 Å². The second-order valence-corrected chi connectivity index (χ2v) is 7.61. The highest BCUT2D eigenvalue weighted by Gasteiger charge is 2.29. The number of carbonyl (C=O) groups excluding carboxylic acids is 1. The van der Waals surface area contributed by atoms with Crippen LogP contribution in [0.15, 0.2) is 42.5 Å². The maximum Gasteiger partial charge on any atom is 0.416 e. The molecule has 0 spiro atoms. The van der Waals surface area contributed by atoms with E-state index in [0.29, 0.717) is 23.5 Å². The van der Waals surface area contributed by atoms with E-state index < -0.39 is 11.7 Å². The Kier molecular flexibility index (Phi) is 5.86. The fraction of sp³-hybridized carbons (Fsp3) is 0.364. The highest BCUT2D eigenvalue weighted by molar-refractivity contribution is 5.93. The second-order valence-electron chi connectivity index (χ2n) is 7.61. The Hall–Kier alpha value is -3.07. The number of fused-ring (bicyclic) bond motifs is 1. The first-order valence-electron chi connectivity index (χ1n) is 10.2. The SMILES string of the molecule is O=C(CCc1ccc(C(F)(F)F)cc1)Nc1ccc2nc(CO)n(N3CCCC3)c2c1. The van der Waals surface area contributed by atoms with Gasteiger partial charge in [0.15, 0.2) is 5.82 Å². The molecule has 0 unspecified atom stereocenters. The van der Waals surface area contributed by atoms with Crippen LogP contribution in [0.3, 0.4) is 0 Å². The molecule has 31 heavy (non-hydrogen) atoms. The molecule has 0 atom stereocenters. The summed E-state index contributed by atoms with van der Waals surface area (Å²) in [5, 5.41) is 14.7. The molecule has 9 heteroatoms. The van der Waals surface area contributed by atoms with E-state index in [0.717, 1.165) is 49.1 Å². The van der Waals surface area contributed by atoms with Gasteiger partial charge in [0.05, 0.1) is 16.6 Å². The zero-order valence-electron chi connectivity index (χ0n) is 16.8. The molecule has 0 aliphatic carbocycles. The number of aryl methyl sites for hydroxylation is 1. The first kappa shape index (κ1) is 21.2. The van der Waals surface area contributed by atoms with Crippen LogP contribution < -0.4 is 10.3 Å². The third kappa shape index (κ3) is 4.66. The van der Waals surface area contributed by atoms with Crippen LogP contribution in [-0.4, -0.2) is 33.8 Å². The Labute approximate surface area is 177 Å². The van der Waals surface area contributed by atoms with Crippen molar-refractivity contribution in [1.82, 2.24) is 9.66 Å². The predicted octanol–water partition coefficient (Wildman–Crippen LogP) is 3.85. The van der Waals surface area contributed by atoms with E-state index in [1.165, 1.54) is 12.1 Å². The first-order chi connectivity index (χ1) is 14.8. The van der Waals surface area contributed by atoms with Crippen LogP contribution in [0.5, 0.6) is 0 Å². The van der Waals surface area contributed by atoms with Crippen molar-refractivity contribution in [2.45, 2.75) is 38.5 Å². The summed E-state index contributed by atoms with van der Waals surface area (Å²) in [4.78, 5) is 16.9. The van der Waals surface area contributed by atoms with E-state index in [-0.39, 0.29) is 18.9 Å². The molecule has 1 amide bonds. The molecule has 2 N–H and O–H groups in total. The van der Waals surface area contributed by atoms with Crippen molar-refractivity contribution in [3.63, 3.8) is 0 Å². The lowest BCUT2D eigenvalue weighted by Gasteiger charge is -2.22. The average Bonchev–Trinajstić information content (AvgIpc) is 3.38. The number of aromatic nitrogens is 2. The number of halogens is 3. The van der Waals surface area contributed by atoms with Gasteiger partial charge in [-0.1, -0.05) is 12.1 Å². The molecule has 2 heterocycles. The van der Waals surface area contributed by atoms with Gasteiger partial charge in [0.25, 0.3) is 0 Å². The van der Waals surface area contributed by atoms with Crippen LogP contribution >= 0.6 is 0 Å². The summed E-state index contributed by atoms with van der Waals surface area (Å²) in [5.74, 6) is 0.330. The number of hydrogen-bond acceptors (Lipinski definition) is 4. The first-order valence-corrected chi connectivity index (χ1v) is 10.2. The minimum absolute atomic E-state index is 0.149. The van der Waals surface area contributed by atoms with Gasteiger partial charge < -0.3 is 15.4 Å². The van der Waals surface area contributed by atoms with Gasteiger partial charge in [0, 0.05) is 25.2 Å². The minimum Gasteiger partial charge on any atom is -0.388 e. The number of carbonyl (C=O) groups is 1. The monoisotopic (exact) mass is 432 g/mol. The largest absolute Gasteiger partial charge is 0.416 e. The number of benzene rings is 2. The molecule has 1 aliphatic rings. The van der Waals surface area contributed by atoms with Gasteiger partial charge in [-0.15, -0.1) is 0 Å². The van der Waals surface area contributed by atoms with Gasteiger partial charge in [0.2, 0.25) is 5.91 Å². The highest BCUT2D eigenvalue weighted by atomic mass is 19.4. The third-order valence-corrected chi connectivity index (χ3v) is 5.41. The molecule has 1 fully saturated rings. The molecular formula is C22H23F3N4O2. The number of anilines is 1. The zero-order valence-corrected chi connectivity index (χ0v) is 16.8. The number of hydrogen-bond donors (Lipinski definition) is 2. The predicted molar refractivity (Wildman–Crippen MR) is 111 cm³/mol. The van der Waals surface area contributed by atoms with E-state index in [1.807, 2.05) is 10.7 Å². The van der Waals surface area contributed by atoms with E-state index in [1.54, 1.807) is 12.1 Å². The van der Waals surface area contributed by atoms with Crippen LogP contribution in [0.2, 0.25) is 0 Å². The quantitative estimate of drug-likeness (QED) is 0.621. The minimum atomic E-state index is -4.37. The number of alkyl halides is 3. The fourth-order valence-electron chi connectivity index (χ4n) is 3.85. The Bertz CT molecular complexity index is 1070. The van der Waals surface area contributed by atoms with Gasteiger partial charge in [-0.2, -0.15) is 13.2 Å². The maximum absolute atomic E-state index is 12.7. The van der Waals surface area contributed by atoms with Crippen LogP contribution in [0, 0.1) is 0 Å². The average molecular weight is 432 g/mol. The number of rotatable bonds is 6. The second kappa shape index (κ2) is 8.58. The standard InChI is InChI=1S/C22H23F3N4O2/c23-22(24,25)16-6-3-15(4-7-16)5-10-21(31)26-17-8-9-18-19(13-17)29(20(14-30)27-18)28-11-1-2-12-28/h3-4,6-9,13,30H,1-2,5,10-12,14H2,(H,26,31). The summed E-state index contributed by atoms with van der Waals surface area (Å²) >= 11 is 0. The molecule has 1 saturated heterocycles. The lowest BCUT2D eigenvalue weighted by atomic mass is 10.1. The van der Waals surface area contributed by atoms with E-state index in [2.05, 4.69) is 15.3 Å². The number of imidazole rings is 1. The van der Waals surface area contributed by atoms with Crippen molar-refractivity contribution in [2.75, 3.05) is 23.4 Å². The number of aliphatic hydroxyl groups is 1. The molecule has 1 aromatic heterocycles. The Morgan fingerprint density at radius 3 is 2.45 bits per heavy atom. The summed E-state index contributed by atoms with van der Waals surface area (Å²) in [6, 6.07) is 10.2. The summed E-state index contributed by atoms with van der Waals surface area (Å²) in [5.41, 5.74) is 2.11. The van der Waals surface area contributed by atoms with Gasteiger partial charge in [-0.05, 0) is 55.2 Å². The van der Waals surface area contributed by atoms with Gasteiger partial charge >= 0.3 is 6.18 Å². The molecular weight excluding hydrogens is 409 g/mol. The van der Waals surface area contributed by atoms with E-state index in [9.17, 15) is 23.1 Å². The van der Waals surface area contributed by atoms with Gasteiger partial charge in [-0.25, -0.2) is 9.66 Å². The van der Waals surface area contributed by atoms with Gasteiger partial charge in [-0.3, -0.25) is 4.79 Å². The van der Waals surface area contributed by atoms with E-state index >= 15 is 0 Å². The van der Waals surface area contributed by atoms with Crippen molar-refractivity contribution in [1.29, 1.82) is 0 Å². The van der Waals surface area contributed by atoms with Crippen LogP contribution in [0.25, 0.3) is 11.0 Å². The Morgan fingerprint density at radius 1 is 1.10 bits per heavy atom. The molecule has 1 aliphatic heterocycles. The smallest absolute Gasteiger partial charge is 0.388 e. The number of nitrogens with one attached hydrogen (secondary N) is 1. The van der Waals surface area contributed by atoms with Crippen LogP contribution in [0.1, 0.15) is 36.2 Å². The number of aliphatic hydroxyl groups excluding tert-OH is 1. The molecule has 0 radical (unpaired) electrons. The number of nitrogens with zero attached hydrogens (tertiary/aromatic N) is 3. The van der Waals surface area contributed by atoms with Crippen molar-refractivity contribution in [2.24, 2.45) is 0 Å². The topological polar surface area (TPSA) is 70.4 Å². The lowest BCUT2D eigenvalue weighted by Crippen LogP contribution is -2.32. The van der Waals surface area contributed by atoms with Gasteiger partial charge in [0.1, 0.15) is 6.61 Å². The fourth-order valence-corrected chi connectivity index (χ4v) is 3.85. The van der Waals surface area contributed by atoms with Crippen molar-refractivity contribution in [3.05, 3.63) is 59.4 Å². The van der Waals surface area contributed by atoms with E-state index in [4.69, 9.17) is 0 Å².